The molecule has 0 aliphatic heterocycles. The summed E-state index contributed by atoms with van der Waals surface area (Å²) in [4.78, 5) is 11.2. The molecule has 94 valence electrons. The summed E-state index contributed by atoms with van der Waals surface area (Å²) in [6.07, 6.45) is 2.30. The maximum atomic E-state index is 11.2. The van der Waals surface area contributed by atoms with Gasteiger partial charge in [0.15, 0.2) is 0 Å². The van der Waals surface area contributed by atoms with E-state index in [-0.39, 0.29) is 5.92 Å². The van der Waals surface area contributed by atoms with Crippen LogP contribution in [0.15, 0.2) is 18.2 Å². The van der Waals surface area contributed by atoms with Crippen molar-refractivity contribution in [3.8, 4) is 0 Å². The highest BCUT2D eigenvalue weighted by Crippen LogP contribution is 2.34. The lowest BCUT2D eigenvalue weighted by Gasteiger charge is -2.19. The van der Waals surface area contributed by atoms with Crippen LogP contribution in [0.4, 0.5) is 0 Å². The molecule has 1 unspecified atom stereocenters. The zero-order valence-electron chi connectivity index (χ0n) is 10.7. The van der Waals surface area contributed by atoms with Crippen LogP contribution in [0, 0.1) is 12.8 Å². The largest absolute Gasteiger partial charge is 0.481 e. The van der Waals surface area contributed by atoms with E-state index < -0.39 is 5.97 Å². The fourth-order valence-corrected chi connectivity index (χ4v) is 3.26. The van der Waals surface area contributed by atoms with Crippen molar-refractivity contribution in [1.82, 2.24) is 4.57 Å². The van der Waals surface area contributed by atoms with E-state index in [2.05, 4.69) is 36.7 Å². The minimum Gasteiger partial charge on any atom is -0.481 e. The van der Waals surface area contributed by atoms with E-state index in [1.165, 1.54) is 27.7 Å². The van der Waals surface area contributed by atoms with E-state index in [4.69, 9.17) is 0 Å². The van der Waals surface area contributed by atoms with Crippen LogP contribution in [0.1, 0.15) is 23.2 Å². The minimum atomic E-state index is -0.662. The van der Waals surface area contributed by atoms with Crippen LogP contribution in [0.3, 0.4) is 0 Å². The molecular formula is C15H17NO2. The first-order chi connectivity index (χ1) is 8.59. The van der Waals surface area contributed by atoms with E-state index in [9.17, 15) is 9.90 Å². The normalized spacial score (nSPS) is 18.9. The molecule has 1 aliphatic rings. The molecule has 1 aliphatic carbocycles. The molecule has 1 atom stereocenters. The number of para-hydroxylation sites is 1. The highest BCUT2D eigenvalue weighted by atomic mass is 16.4. The molecule has 3 nitrogen and oxygen atoms in total. The Morgan fingerprint density at radius 1 is 1.44 bits per heavy atom. The van der Waals surface area contributed by atoms with Crippen LogP contribution in [-0.2, 0) is 24.7 Å². The zero-order valence-corrected chi connectivity index (χ0v) is 10.7. The monoisotopic (exact) mass is 243 g/mol. The van der Waals surface area contributed by atoms with Gasteiger partial charge in [0.2, 0.25) is 0 Å². The lowest BCUT2D eigenvalue weighted by molar-refractivity contribution is -0.142. The van der Waals surface area contributed by atoms with Gasteiger partial charge in [-0.05, 0) is 37.3 Å². The smallest absolute Gasteiger partial charge is 0.306 e. The Balaban J connectivity index is 2.23. The van der Waals surface area contributed by atoms with Crippen molar-refractivity contribution >= 4 is 16.9 Å². The summed E-state index contributed by atoms with van der Waals surface area (Å²) in [6.45, 7) is 2.11. The number of rotatable bonds is 1. The van der Waals surface area contributed by atoms with Crippen molar-refractivity contribution in [1.29, 1.82) is 0 Å². The molecule has 0 fully saturated rings. The third-order valence-corrected chi connectivity index (χ3v) is 4.18. The average molecular weight is 243 g/mol. The first-order valence-electron chi connectivity index (χ1n) is 6.38. The Hall–Kier alpha value is -1.77. The van der Waals surface area contributed by atoms with Gasteiger partial charge in [-0.25, -0.2) is 0 Å². The van der Waals surface area contributed by atoms with Crippen LogP contribution in [0.5, 0.6) is 0 Å². The number of fused-ring (bicyclic) bond motifs is 3. The number of hydrogen-bond donors (Lipinski definition) is 1. The van der Waals surface area contributed by atoms with Crippen molar-refractivity contribution in [3.05, 3.63) is 35.0 Å². The highest BCUT2D eigenvalue weighted by Gasteiger charge is 2.28. The van der Waals surface area contributed by atoms with Gasteiger partial charge in [-0.1, -0.05) is 18.2 Å². The number of aliphatic carboxylic acids is 1. The molecular weight excluding hydrogens is 226 g/mol. The Morgan fingerprint density at radius 2 is 2.22 bits per heavy atom. The Bertz CT molecular complexity index is 639. The van der Waals surface area contributed by atoms with Crippen LogP contribution in [0.25, 0.3) is 10.9 Å². The fraction of sp³-hybridized carbons (Fsp3) is 0.400. The molecule has 0 bridgehead atoms. The maximum absolute atomic E-state index is 11.2. The molecule has 0 spiro atoms. The molecule has 3 rings (SSSR count). The fourth-order valence-electron chi connectivity index (χ4n) is 3.26. The number of benzene rings is 1. The summed E-state index contributed by atoms with van der Waals surface area (Å²) < 4.78 is 2.25. The van der Waals surface area contributed by atoms with Crippen LogP contribution < -0.4 is 0 Å². The van der Waals surface area contributed by atoms with Crippen molar-refractivity contribution in [2.75, 3.05) is 0 Å². The third-order valence-electron chi connectivity index (χ3n) is 4.18. The molecule has 2 aromatic rings. The SMILES string of the molecule is Cc1cccc2c3c(n(C)c12)CCC(C(=O)O)C3. The number of carbonyl (C=O) groups is 1. The van der Waals surface area contributed by atoms with Gasteiger partial charge < -0.3 is 9.67 Å². The van der Waals surface area contributed by atoms with Gasteiger partial charge in [0.05, 0.1) is 11.4 Å². The van der Waals surface area contributed by atoms with Crippen LogP contribution in [-0.4, -0.2) is 15.6 Å². The molecule has 0 radical (unpaired) electrons. The van der Waals surface area contributed by atoms with Gasteiger partial charge in [0, 0.05) is 18.1 Å². The van der Waals surface area contributed by atoms with Crippen LogP contribution in [0.2, 0.25) is 0 Å². The van der Waals surface area contributed by atoms with E-state index in [1.54, 1.807) is 0 Å². The predicted molar refractivity (Wildman–Crippen MR) is 70.8 cm³/mol. The summed E-state index contributed by atoms with van der Waals surface area (Å²) in [5.41, 5.74) is 5.08. The number of aromatic nitrogens is 1. The van der Waals surface area contributed by atoms with Gasteiger partial charge in [-0.2, -0.15) is 0 Å². The second-order valence-electron chi connectivity index (χ2n) is 5.23. The van der Waals surface area contributed by atoms with Gasteiger partial charge in [0.1, 0.15) is 0 Å². The quantitative estimate of drug-likeness (QED) is 0.836. The van der Waals surface area contributed by atoms with Crippen LogP contribution >= 0.6 is 0 Å². The maximum Gasteiger partial charge on any atom is 0.306 e. The Labute approximate surface area is 106 Å². The highest BCUT2D eigenvalue weighted by molar-refractivity contribution is 5.89. The molecule has 1 aromatic carbocycles. The number of hydrogen-bond acceptors (Lipinski definition) is 1. The molecule has 0 saturated heterocycles. The zero-order chi connectivity index (χ0) is 12.9. The topological polar surface area (TPSA) is 42.2 Å². The Morgan fingerprint density at radius 3 is 2.94 bits per heavy atom. The van der Waals surface area contributed by atoms with E-state index in [0.717, 1.165) is 12.8 Å². The van der Waals surface area contributed by atoms with Gasteiger partial charge >= 0.3 is 5.97 Å². The molecule has 1 heterocycles. The van der Waals surface area contributed by atoms with Crippen molar-refractivity contribution in [2.45, 2.75) is 26.2 Å². The third kappa shape index (κ3) is 1.47. The number of carboxylic acid groups (broad SMARTS) is 1. The lowest BCUT2D eigenvalue weighted by atomic mass is 9.86. The first-order valence-corrected chi connectivity index (χ1v) is 6.38. The lowest BCUT2D eigenvalue weighted by Crippen LogP contribution is -2.22. The molecule has 18 heavy (non-hydrogen) atoms. The van der Waals surface area contributed by atoms with Crippen molar-refractivity contribution in [3.63, 3.8) is 0 Å². The number of carboxylic acids is 1. The Kier molecular flexibility index (Phi) is 2.44. The first kappa shape index (κ1) is 11.3. The summed E-state index contributed by atoms with van der Waals surface area (Å²) >= 11 is 0. The number of aryl methyl sites for hydroxylation is 2. The summed E-state index contributed by atoms with van der Waals surface area (Å²) in [6, 6.07) is 6.29. The predicted octanol–water partition coefficient (Wildman–Crippen LogP) is 2.68. The van der Waals surface area contributed by atoms with E-state index >= 15 is 0 Å². The van der Waals surface area contributed by atoms with E-state index in [0.29, 0.717) is 6.42 Å². The van der Waals surface area contributed by atoms with E-state index in [1.807, 2.05) is 0 Å². The minimum absolute atomic E-state index is 0.219. The van der Waals surface area contributed by atoms with Gasteiger partial charge in [-0.15, -0.1) is 0 Å². The summed E-state index contributed by atoms with van der Waals surface area (Å²) in [5, 5.41) is 10.4. The average Bonchev–Trinajstić information content (AvgIpc) is 2.64. The standard InChI is InChI=1S/C15H17NO2/c1-9-4-3-5-11-12-8-10(15(17)18)6-7-13(12)16(2)14(9)11/h3-5,10H,6-8H2,1-2H3,(H,17,18). The second-order valence-corrected chi connectivity index (χ2v) is 5.23. The molecule has 0 saturated carbocycles. The second kappa shape index (κ2) is 3.87. The summed E-state index contributed by atoms with van der Waals surface area (Å²) in [7, 11) is 2.09. The van der Waals surface area contributed by atoms with Crippen molar-refractivity contribution < 1.29 is 9.90 Å². The summed E-state index contributed by atoms with van der Waals surface area (Å²) in [5.74, 6) is -0.881. The van der Waals surface area contributed by atoms with Crippen molar-refractivity contribution in [2.24, 2.45) is 13.0 Å². The molecule has 1 aromatic heterocycles. The van der Waals surface area contributed by atoms with Gasteiger partial charge in [0.25, 0.3) is 0 Å². The molecule has 1 N–H and O–H groups in total. The number of nitrogens with zero attached hydrogens (tertiary/aromatic N) is 1. The molecule has 3 heteroatoms. The molecule has 0 amide bonds. The van der Waals surface area contributed by atoms with Gasteiger partial charge in [-0.3, -0.25) is 4.79 Å².